The highest BCUT2D eigenvalue weighted by molar-refractivity contribution is 5.56. The van der Waals surface area contributed by atoms with E-state index in [1.54, 1.807) is 0 Å². The van der Waals surface area contributed by atoms with Crippen molar-refractivity contribution < 1.29 is 4.74 Å². The maximum atomic E-state index is 7.75. The summed E-state index contributed by atoms with van der Waals surface area (Å²) >= 11 is 0. The van der Waals surface area contributed by atoms with E-state index in [2.05, 4.69) is 76.2 Å². The van der Waals surface area contributed by atoms with E-state index in [0.717, 1.165) is 47.5 Å². The number of ether oxygens (including phenoxy) is 1. The van der Waals surface area contributed by atoms with E-state index in [1.165, 1.54) is 189 Å². The van der Waals surface area contributed by atoms with Crippen molar-refractivity contribution in [2.75, 3.05) is 0 Å². The molecule has 0 radical (unpaired) electrons. The molecule has 2 aromatic carbocycles. The van der Waals surface area contributed by atoms with E-state index in [1.807, 2.05) is 24.8 Å². The summed E-state index contributed by atoms with van der Waals surface area (Å²) in [5, 5.41) is 0. The minimum Gasteiger partial charge on any atom is -0.365 e. The average Bonchev–Trinajstić information content (AvgIpc) is 3.33. The van der Waals surface area contributed by atoms with E-state index in [9.17, 15) is 0 Å². The van der Waals surface area contributed by atoms with Gasteiger partial charge in [0.15, 0.2) is 11.6 Å². The Balaban J connectivity index is 1.21. The van der Waals surface area contributed by atoms with Gasteiger partial charge in [0.2, 0.25) is 0 Å². The number of aryl methyl sites for hydroxylation is 2. The van der Waals surface area contributed by atoms with Crippen molar-refractivity contribution >= 4 is 0 Å². The predicted molar refractivity (Wildman–Crippen MR) is 266 cm³/mol. The fraction of sp³-hybridized carbons (Fsp3) is 0.655. The number of nitrogens with zero attached hydrogens (tertiary/aromatic N) is 4. The third-order valence-electron chi connectivity index (χ3n) is 14.9. The van der Waals surface area contributed by atoms with Crippen LogP contribution in [0.5, 0.6) is 0 Å². The molecule has 0 spiro atoms. The molecule has 2 atom stereocenters. The van der Waals surface area contributed by atoms with Crippen molar-refractivity contribution in [1.82, 2.24) is 19.9 Å². The second-order valence-corrected chi connectivity index (χ2v) is 19.9. The van der Waals surface area contributed by atoms with Gasteiger partial charge >= 0.3 is 0 Å². The first kappa shape index (κ1) is 49.0. The molecule has 0 aliphatic heterocycles. The quantitative estimate of drug-likeness (QED) is 0.0533. The van der Waals surface area contributed by atoms with Gasteiger partial charge in [-0.3, -0.25) is 0 Å². The van der Waals surface area contributed by atoms with Gasteiger partial charge in [-0.25, -0.2) is 19.9 Å². The van der Waals surface area contributed by atoms with E-state index in [0.29, 0.717) is 11.8 Å². The van der Waals surface area contributed by atoms with E-state index >= 15 is 0 Å². The summed E-state index contributed by atoms with van der Waals surface area (Å²) in [7, 11) is 0. The van der Waals surface area contributed by atoms with Gasteiger partial charge in [0, 0.05) is 35.9 Å². The first-order valence-corrected chi connectivity index (χ1v) is 26.6. The molecule has 0 saturated heterocycles. The second-order valence-electron chi connectivity index (χ2n) is 19.9. The minimum absolute atomic E-state index is 0.0523. The van der Waals surface area contributed by atoms with Crippen molar-refractivity contribution in [3.8, 4) is 22.8 Å². The van der Waals surface area contributed by atoms with Gasteiger partial charge in [0.25, 0.3) is 0 Å². The molecule has 2 heterocycles. The third-order valence-corrected chi connectivity index (χ3v) is 14.9. The second kappa shape index (κ2) is 27.8. The van der Waals surface area contributed by atoms with Crippen molar-refractivity contribution in [3.05, 3.63) is 95.6 Å². The summed E-state index contributed by atoms with van der Waals surface area (Å²) in [6, 6.07) is 18.4. The Morgan fingerprint density at radius 3 is 1.10 bits per heavy atom. The molecule has 2 saturated carbocycles. The maximum Gasteiger partial charge on any atom is 0.159 e. The van der Waals surface area contributed by atoms with Crippen LogP contribution in [0, 0.1) is 23.7 Å². The summed E-state index contributed by atoms with van der Waals surface area (Å²) < 4.78 is 7.75. The lowest BCUT2D eigenvalue weighted by Crippen LogP contribution is -2.28. The van der Waals surface area contributed by atoms with Gasteiger partial charge in [0.05, 0.1) is 12.2 Å². The van der Waals surface area contributed by atoms with Crippen LogP contribution in [-0.4, -0.2) is 19.9 Å². The lowest BCUT2D eigenvalue weighted by molar-refractivity contribution is -0.0907. The largest absolute Gasteiger partial charge is 0.365 e. The first-order chi connectivity index (χ1) is 31.1. The predicted octanol–water partition coefficient (Wildman–Crippen LogP) is 17.2. The number of unbranched alkanes of at least 4 members (excludes halogenated alkanes) is 12. The topological polar surface area (TPSA) is 60.8 Å². The summed E-state index contributed by atoms with van der Waals surface area (Å²) in [5.41, 5.74) is 7.28. The highest BCUT2D eigenvalue weighted by Gasteiger charge is 2.36. The first-order valence-electron chi connectivity index (χ1n) is 26.6. The van der Waals surface area contributed by atoms with E-state index in [-0.39, 0.29) is 12.2 Å². The molecule has 2 fully saturated rings. The van der Waals surface area contributed by atoms with Gasteiger partial charge in [-0.15, -0.1) is 0 Å². The van der Waals surface area contributed by atoms with Gasteiger partial charge < -0.3 is 4.74 Å². The molecule has 0 N–H and O–H groups in total. The Hall–Kier alpha value is -3.44. The summed E-state index contributed by atoms with van der Waals surface area (Å²) in [4.78, 5) is 19.4. The average molecular weight is 855 g/mol. The molecular weight excluding hydrogens is 769 g/mol. The molecule has 2 aromatic heterocycles. The van der Waals surface area contributed by atoms with Crippen LogP contribution in [0.15, 0.2) is 73.3 Å². The Morgan fingerprint density at radius 1 is 0.413 bits per heavy atom. The molecule has 6 rings (SSSR count). The number of hydrogen-bond donors (Lipinski definition) is 0. The normalized spacial score (nSPS) is 20.1. The van der Waals surface area contributed by atoms with Crippen molar-refractivity contribution in [1.29, 1.82) is 0 Å². The number of hydrogen-bond acceptors (Lipinski definition) is 5. The Morgan fingerprint density at radius 2 is 0.746 bits per heavy atom. The SMILES string of the molecule is CCCCCCCc1cnc(-c2ccc(C(OC(c3ccc(-c4ncc(CCCCCCC)cn4)cc3)[C@H]3CC[C@H](CCCCC)CC3)[C@H]3CC[C@H](CCCCC)CC3)cc2)nc1. The third kappa shape index (κ3) is 15.9. The zero-order chi connectivity index (χ0) is 43.9. The minimum atomic E-state index is 0.0523. The van der Waals surface area contributed by atoms with Gasteiger partial charge in [-0.1, -0.05) is 205 Å². The highest BCUT2D eigenvalue weighted by Crippen LogP contribution is 2.47. The van der Waals surface area contributed by atoms with Crippen LogP contribution in [0.1, 0.15) is 229 Å². The van der Waals surface area contributed by atoms with Crippen LogP contribution in [-0.2, 0) is 17.6 Å². The summed E-state index contributed by atoms with van der Waals surface area (Å²) in [5.74, 6) is 4.38. The summed E-state index contributed by atoms with van der Waals surface area (Å²) in [6.45, 7) is 9.20. The monoisotopic (exact) mass is 855 g/mol. The van der Waals surface area contributed by atoms with E-state index in [4.69, 9.17) is 24.7 Å². The number of rotatable bonds is 28. The molecule has 0 amide bonds. The molecular formula is C58H86N4O. The molecule has 2 aliphatic rings. The lowest BCUT2D eigenvalue weighted by atomic mass is 9.74. The molecule has 5 nitrogen and oxygen atoms in total. The molecule has 0 bridgehead atoms. The summed E-state index contributed by atoms with van der Waals surface area (Å²) in [6.07, 6.45) is 44.4. The molecule has 5 heteroatoms. The van der Waals surface area contributed by atoms with Crippen LogP contribution in [0.25, 0.3) is 22.8 Å². The smallest absolute Gasteiger partial charge is 0.159 e. The van der Waals surface area contributed by atoms with Crippen molar-refractivity contribution in [3.63, 3.8) is 0 Å². The van der Waals surface area contributed by atoms with Crippen molar-refractivity contribution in [2.45, 2.75) is 220 Å². The molecule has 2 aliphatic carbocycles. The molecule has 2 unspecified atom stereocenters. The van der Waals surface area contributed by atoms with Crippen molar-refractivity contribution in [2.24, 2.45) is 23.7 Å². The molecule has 63 heavy (non-hydrogen) atoms. The standard InChI is InChI=1S/C58H86N4O/c1-5-9-13-15-19-23-47-41-59-57(60-42-47)53-37-33-51(34-38-53)55(49-29-25-45(26-30-49)21-17-11-7-3)63-56(50-31-27-46(28-32-50)22-18-12-8-4)52-35-39-54(40-36-52)58-61-43-48(44-62-58)24-20-16-14-10-6-2/h33-46,49-50,55-56H,5-32H2,1-4H3/t45-,46-,49-,50-,55?,56?. The van der Waals surface area contributed by atoms with Crippen LogP contribution in [0.4, 0.5) is 0 Å². The van der Waals surface area contributed by atoms with Crippen LogP contribution in [0.3, 0.4) is 0 Å². The zero-order valence-electron chi connectivity index (χ0n) is 40.4. The molecule has 4 aromatic rings. The fourth-order valence-corrected chi connectivity index (χ4v) is 10.8. The van der Waals surface area contributed by atoms with Crippen LogP contribution < -0.4 is 0 Å². The Labute approximate surface area is 384 Å². The number of benzene rings is 2. The van der Waals surface area contributed by atoms with Gasteiger partial charge in [-0.05, 0) is 97.3 Å². The zero-order valence-corrected chi connectivity index (χ0v) is 40.4. The Bertz CT molecular complexity index is 1640. The fourth-order valence-electron chi connectivity index (χ4n) is 10.8. The van der Waals surface area contributed by atoms with Gasteiger partial charge in [0.1, 0.15) is 0 Å². The van der Waals surface area contributed by atoms with Crippen LogP contribution >= 0.6 is 0 Å². The Kier molecular flexibility index (Phi) is 21.6. The maximum absolute atomic E-state index is 7.75. The van der Waals surface area contributed by atoms with Crippen LogP contribution in [0.2, 0.25) is 0 Å². The molecule has 344 valence electrons. The number of aromatic nitrogens is 4. The highest BCUT2D eigenvalue weighted by atomic mass is 16.5. The van der Waals surface area contributed by atoms with Gasteiger partial charge in [-0.2, -0.15) is 0 Å². The van der Waals surface area contributed by atoms with E-state index < -0.39 is 0 Å². The lowest BCUT2D eigenvalue weighted by Gasteiger charge is -2.40.